The zero-order chi connectivity index (χ0) is 14.4. The van der Waals surface area contributed by atoms with Crippen LogP contribution in [0.2, 0.25) is 0 Å². The van der Waals surface area contributed by atoms with E-state index < -0.39 is 11.9 Å². The molecule has 0 aromatic heterocycles. The van der Waals surface area contributed by atoms with Crippen molar-refractivity contribution in [1.29, 1.82) is 0 Å². The fourth-order valence-electron chi connectivity index (χ4n) is 0.593. The molecule has 0 heterocycles. The number of carbonyl (C=O) groups excluding carboxylic acids is 2. The first-order chi connectivity index (χ1) is 8.47. The van der Waals surface area contributed by atoms with Crippen molar-refractivity contribution in [2.24, 2.45) is 0 Å². The van der Waals surface area contributed by atoms with Gasteiger partial charge < -0.3 is 14.6 Å². The van der Waals surface area contributed by atoms with Crippen LogP contribution in [0.4, 0.5) is 0 Å². The average molecular weight is 296 g/mol. The second-order valence-electron chi connectivity index (χ2n) is 3.19. The summed E-state index contributed by atoms with van der Waals surface area (Å²) in [6, 6.07) is 0. The van der Waals surface area contributed by atoms with Gasteiger partial charge in [0.25, 0.3) is 0 Å². The molecule has 0 rings (SSSR count). The molecule has 0 atom stereocenters. The highest BCUT2D eigenvalue weighted by Crippen LogP contribution is 1.90. The van der Waals surface area contributed by atoms with Gasteiger partial charge in [-0.3, -0.25) is 9.59 Å². The Bertz CT molecular complexity index is 238. The van der Waals surface area contributed by atoms with E-state index in [4.69, 9.17) is 5.11 Å². The first kappa shape index (κ1) is 19.7. The van der Waals surface area contributed by atoms with E-state index in [-0.39, 0.29) is 31.3 Å². The molecule has 0 radical (unpaired) electrons. The van der Waals surface area contributed by atoms with Gasteiger partial charge in [0.05, 0.1) is 11.5 Å². The van der Waals surface area contributed by atoms with Gasteiger partial charge in [-0.05, 0) is 13.3 Å². The predicted molar refractivity (Wildman–Crippen MR) is 76.1 cm³/mol. The van der Waals surface area contributed by atoms with Crippen molar-refractivity contribution < 1.29 is 24.2 Å². The first-order valence-corrected chi connectivity index (χ1v) is 6.52. The highest BCUT2D eigenvalue weighted by atomic mass is 32.1. The van der Waals surface area contributed by atoms with Crippen LogP contribution in [-0.4, -0.2) is 48.4 Å². The fraction of sp³-hybridized carbons (Fsp3) is 0.636. The second-order valence-corrected chi connectivity index (χ2v) is 3.82. The number of rotatable bonds is 7. The summed E-state index contributed by atoms with van der Waals surface area (Å²) < 4.78 is 9.14. The van der Waals surface area contributed by atoms with Gasteiger partial charge in [-0.25, -0.2) is 0 Å². The third-order valence-corrected chi connectivity index (χ3v) is 1.92. The maximum Gasteiger partial charge on any atom is 0.315 e. The number of aliphatic hydroxyl groups excluding tert-OH is 1. The Morgan fingerprint density at radius 2 is 1.50 bits per heavy atom. The van der Waals surface area contributed by atoms with Crippen LogP contribution >= 0.6 is 25.3 Å². The molecular formula is C11H20O5S2. The monoisotopic (exact) mass is 296 g/mol. The van der Waals surface area contributed by atoms with Gasteiger partial charge in [0.2, 0.25) is 0 Å². The first-order valence-electron chi connectivity index (χ1n) is 5.26. The molecule has 0 fully saturated rings. The summed E-state index contributed by atoms with van der Waals surface area (Å²) in [6.07, 6.45) is 0.736. The van der Waals surface area contributed by atoms with Gasteiger partial charge in [0.15, 0.2) is 0 Å². The van der Waals surface area contributed by atoms with E-state index >= 15 is 0 Å². The van der Waals surface area contributed by atoms with Gasteiger partial charge in [0, 0.05) is 6.61 Å². The van der Waals surface area contributed by atoms with Gasteiger partial charge in [-0.1, -0.05) is 5.57 Å². The summed E-state index contributed by atoms with van der Waals surface area (Å²) in [4.78, 5) is 20.9. The Hall–Kier alpha value is -0.660. The molecule has 7 heteroatoms. The lowest BCUT2D eigenvalue weighted by atomic mass is 10.3. The number of hydrogen-bond donors (Lipinski definition) is 3. The zero-order valence-electron chi connectivity index (χ0n) is 10.4. The number of ether oxygens (including phenoxy) is 2. The van der Waals surface area contributed by atoms with Crippen molar-refractivity contribution in [2.75, 3.05) is 31.3 Å². The number of hydrogen-bond acceptors (Lipinski definition) is 7. The van der Waals surface area contributed by atoms with Gasteiger partial charge >= 0.3 is 11.9 Å². The minimum atomic E-state index is -0.430. The summed E-state index contributed by atoms with van der Waals surface area (Å²) in [7, 11) is 0. The normalized spacial score (nSPS) is 8.89. The Balaban J connectivity index is 0. The van der Waals surface area contributed by atoms with Crippen LogP contribution in [0.1, 0.15) is 13.3 Å². The van der Waals surface area contributed by atoms with Crippen molar-refractivity contribution in [3.05, 3.63) is 12.2 Å². The quantitative estimate of drug-likeness (QED) is 0.281. The summed E-state index contributed by atoms with van der Waals surface area (Å²) in [5.41, 5.74) is 1.04. The molecular weight excluding hydrogens is 276 g/mol. The molecule has 106 valence electrons. The highest BCUT2D eigenvalue weighted by Gasteiger charge is 2.00. The number of thiol groups is 2. The molecule has 0 aliphatic carbocycles. The molecule has 0 saturated carbocycles. The molecule has 0 aromatic carbocycles. The molecule has 0 spiro atoms. The molecule has 0 unspecified atom stereocenters. The standard InChI is InChI=1S/C6H10O4S2.C5H10O/c7-5(3-11)9-1-2-10-6(8)4-12;1-5(2)3-4-6/h11-12H,1-4H2;6H,1,3-4H2,2H3. The van der Waals surface area contributed by atoms with E-state index in [2.05, 4.69) is 41.3 Å². The third kappa shape index (κ3) is 17.7. The fourth-order valence-corrected chi connectivity index (χ4v) is 0.776. The predicted octanol–water partition coefficient (Wildman–Crippen LogP) is 0.877. The van der Waals surface area contributed by atoms with E-state index in [9.17, 15) is 9.59 Å². The van der Waals surface area contributed by atoms with E-state index in [1.165, 1.54) is 0 Å². The third-order valence-electron chi connectivity index (χ3n) is 1.41. The van der Waals surface area contributed by atoms with Crippen molar-refractivity contribution in [3.63, 3.8) is 0 Å². The minimum Gasteiger partial charge on any atom is -0.461 e. The largest absolute Gasteiger partial charge is 0.461 e. The maximum absolute atomic E-state index is 10.5. The second kappa shape index (κ2) is 14.4. The van der Waals surface area contributed by atoms with E-state index in [0.29, 0.717) is 0 Å². The summed E-state index contributed by atoms with van der Waals surface area (Å²) in [5.74, 6) is -0.804. The lowest BCUT2D eigenvalue weighted by Gasteiger charge is -2.03. The minimum absolute atomic E-state index is 0.0283. The number of carbonyl (C=O) groups is 2. The van der Waals surface area contributed by atoms with Gasteiger partial charge in [-0.2, -0.15) is 25.3 Å². The average Bonchev–Trinajstić information content (AvgIpc) is 2.34. The van der Waals surface area contributed by atoms with E-state index in [0.717, 1.165) is 12.0 Å². The summed E-state index contributed by atoms with van der Waals surface area (Å²) >= 11 is 7.36. The van der Waals surface area contributed by atoms with Crippen LogP contribution in [-0.2, 0) is 19.1 Å². The Labute approximate surface area is 118 Å². The molecule has 0 aliphatic heterocycles. The maximum atomic E-state index is 10.5. The van der Waals surface area contributed by atoms with Crippen LogP contribution in [0.15, 0.2) is 12.2 Å². The number of esters is 2. The summed E-state index contributed by atoms with van der Waals surface area (Å²) in [6.45, 7) is 5.85. The topological polar surface area (TPSA) is 72.8 Å². The van der Waals surface area contributed by atoms with Crippen LogP contribution in [0.3, 0.4) is 0 Å². The van der Waals surface area contributed by atoms with Crippen LogP contribution < -0.4 is 0 Å². The van der Waals surface area contributed by atoms with Crippen molar-refractivity contribution >= 4 is 37.2 Å². The SMILES string of the molecule is C=C(C)CCO.O=C(CS)OCCOC(=O)CS. The lowest BCUT2D eigenvalue weighted by Crippen LogP contribution is -2.14. The van der Waals surface area contributed by atoms with Crippen molar-refractivity contribution in [3.8, 4) is 0 Å². The van der Waals surface area contributed by atoms with Crippen molar-refractivity contribution in [1.82, 2.24) is 0 Å². The highest BCUT2D eigenvalue weighted by molar-refractivity contribution is 7.81. The smallest absolute Gasteiger partial charge is 0.315 e. The van der Waals surface area contributed by atoms with Crippen LogP contribution in [0, 0.1) is 0 Å². The van der Waals surface area contributed by atoms with Crippen LogP contribution in [0.5, 0.6) is 0 Å². The summed E-state index contributed by atoms with van der Waals surface area (Å²) in [5, 5.41) is 8.18. The molecule has 0 saturated heterocycles. The molecule has 5 nitrogen and oxygen atoms in total. The Morgan fingerprint density at radius 1 is 1.11 bits per heavy atom. The van der Waals surface area contributed by atoms with Gasteiger partial charge in [0.1, 0.15) is 13.2 Å². The van der Waals surface area contributed by atoms with Crippen LogP contribution in [0.25, 0.3) is 0 Å². The zero-order valence-corrected chi connectivity index (χ0v) is 12.2. The number of aliphatic hydroxyl groups is 1. The van der Waals surface area contributed by atoms with E-state index in [1.54, 1.807) is 0 Å². The molecule has 1 N–H and O–H groups in total. The van der Waals surface area contributed by atoms with Gasteiger partial charge in [-0.15, -0.1) is 6.58 Å². The molecule has 18 heavy (non-hydrogen) atoms. The molecule has 0 amide bonds. The van der Waals surface area contributed by atoms with Crippen molar-refractivity contribution in [2.45, 2.75) is 13.3 Å². The molecule has 0 bridgehead atoms. The lowest BCUT2D eigenvalue weighted by molar-refractivity contribution is -0.148. The Kier molecular flexibility index (Phi) is 15.7. The van der Waals surface area contributed by atoms with E-state index in [1.807, 2.05) is 6.92 Å². The molecule has 0 aliphatic rings. The molecule has 0 aromatic rings. The Morgan fingerprint density at radius 3 is 1.67 bits per heavy atom.